The summed E-state index contributed by atoms with van der Waals surface area (Å²) in [4.78, 5) is 0. The molecule has 108 valence electrons. The van der Waals surface area contributed by atoms with E-state index in [1.165, 1.54) is 38.4 Å². The number of rotatable bonds is 8. The molecule has 1 atom stereocenters. The van der Waals surface area contributed by atoms with Crippen LogP contribution in [0.25, 0.3) is 0 Å². The molecule has 1 saturated carbocycles. The molecule has 18 heavy (non-hydrogen) atoms. The minimum Gasteiger partial charge on any atom is -0.378 e. The summed E-state index contributed by atoms with van der Waals surface area (Å²) in [6.07, 6.45) is 9.05. The molecule has 5 heteroatoms. The van der Waals surface area contributed by atoms with Gasteiger partial charge in [-0.25, -0.2) is 8.42 Å². The molecule has 0 aromatic heterocycles. The van der Waals surface area contributed by atoms with Gasteiger partial charge in [0.1, 0.15) is 9.84 Å². The van der Waals surface area contributed by atoms with Gasteiger partial charge >= 0.3 is 0 Å². The van der Waals surface area contributed by atoms with Crippen molar-refractivity contribution in [3.05, 3.63) is 0 Å². The van der Waals surface area contributed by atoms with Crippen molar-refractivity contribution in [3.8, 4) is 0 Å². The van der Waals surface area contributed by atoms with Crippen molar-refractivity contribution in [3.63, 3.8) is 0 Å². The average Bonchev–Trinajstić information content (AvgIpc) is 2.27. The topological polar surface area (TPSA) is 55.4 Å². The maximum atomic E-state index is 11.1. The van der Waals surface area contributed by atoms with Gasteiger partial charge in [-0.05, 0) is 32.7 Å². The first-order chi connectivity index (χ1) is 8.47. The Bertz CT molecular complexity index is 310. The highest BCUT2D eigenvalue weighted by Gasteiger charge is 2.13. The highest BCUT2D eigenvalue weighted by molar-refractivity contribution is 7.90. The van der Waals surface area contributed by atoms with Crippen LogP contribution in [0.3, 0.4) is 0 Å². The van der Waals surface area contributed by atoms with Crippen LogP contribution in [0, 0.1) is 0 Å². The van der Waals surface area contributed by atoms with E-state index in [-0.39, 0.29) is 11.8 Å². The number of sulfone groups is 1. The van der Waals surface area contributed by atoms with Crippen LogP contribution in [-0.4, -0.2) is 45.7 Å². The second-order valence-electron chi connectivity index (χ2n) is 5.43. The van der Waals surface area contributed by atoms with Crippen molar-refractivity contribution in [2.75, 3.05) is 25.2 Å². The maximum Gasteiger partial charge on any atom is 0.148 e. The van der Waals surface area contributed by atoms with Crippen LogP contribution in [0.1, 0.15) is 45.4 Å². The molecule has 0 aromatic rings. The Kier molecular flexibility index (Phi) is 7.19. The molecule has 0 heterocycles. The maximum absolute atomic E-state index is 11.1. The van der Waals surface area contributed by atoms with Gasteiger partial charge in [-0.15, -0.1) is 0 Å². The number of hydrogen-bond donors (Lipinski definition) is 1. The Morgan fingerprint density at radius 3 is 2.56 bits per heavy atom. The lowest BCUT2D eigenvalue weighted by molar-refractivity contribution is 0.0272. The van der Waals surface area contributed by atoms with E-state index in [2.05, 4.69) is 5.32 Å². The fourth-order valence-corrected chi connectivity index (χ4v) is 3.44. The van der Waals surface area contributed by atoms with Crippen LogP contribution < -0.4 is 5.32 Å². The average molecular weight is 277 g/mol. The van der Waals surface area contributed by atoms with Gasteiger partial charge in [0, 0.05) is 18.9 Å². The van der Waals surface area contributed by atoms with Gasteiger partial charge in [0.15, 0.2) is 0 Å². The van der Waals surface area contributed by atoms with E-state index in [9.17, 15) is 8.42 Å². The quantitative estimate of drug-likeness (QED) is 0.687. The van der Waals surface area contributed by atoms with Gasteiger partial charge in [-0.3, -0.25) is 0 Å². The molecule has 0 radical (unpaired) electrons. The summed E-state index contributed by atoms with van der Waals surface area (Å²) in [5, 5.41) is 3.22. The summed E-state index contributed by atoms with van der Waals surface area (Å²) in [6.45, 7) is 3.51. The smallest absolute Gasteiger partial charge is 0.148 e. The molecule has 1 N–H and O–H groups in total. The second kappa shape index (κ2) is 8.12. The first kappa shape index (κ1) is 15.9. The summed E-state index contributed by atoms with van der Waals surface area (Å²) < 4.78 is 28.0. The van der Waals surface area contributed by atoms with Gasteiger partial charge in [0.05, 0.1) is 11.9 Å². The molecule has 1 unspecified atom stereocenters. The van der Waals surface area contributed by atoms with Crippen LogP contribution >= 0.6 is 0 Å². The van der Waals surface area contributed by atoms with Crippen LogP contribution in [0.5, 0.6) is 0 Å². The molecule has 0 aromatic carbocycles. The monoisotopic (exact) mass is 277 g/mol. The fourth-order valence-electron chi connectivity index (χ4n) is 2.42. The van der Waals surface area contributed by atoms with Crippen LogP contribution in [0.2, 0.25) is 0 Å². The SMILES string of the molecule is CC(CS(C)(=O)=O)NCCCOC1CCCCC1. The summed E-state index contributed by atoms with van der Waals surface area (Å²) in [5.74, 6) is 0.205. The molecule has 0 aliphatic heterocycles. The van der Waals surface area contributed by atoms with E-state index >= 15 is 0 Å². The fraction of sp³-hybridized carbons (Fsp3) is 1.00. The van der Waals surface area contributed by atoms with Gasteiger partial charge < -0.3 is 10.1 Å². The van der Waals surface area contributed by atoms with Crippen LogP contribution in [0.15, 0.2) is 0 Å². The van der Waals surface area contributed by atoms with Gasteiger partial charge in [0.2, 0.25) is 0 Å². The van der Waals surface area contributed by atoms with E-state index in [1.54, 1.807) is 0 Å². The minimum atomic E-state index is -2.88. The van der Waals surface area contributed by atoms with Crippen molar-refractivity contribution < 1.29 is 13.2 Å². The molecule has 1 rings (SSSR count). The molecule has 4 nitrogen and oxygen atoms in total. The molecule has 0 saturated heterocycles. The lowest BCUT2D eigenvalue weighted by atomic mass is 9.98. The van der Waals surface area contributed by atoms with Crippen molar-refractivity contribution in [2.45, 2.75) is 57.6 Å². The lowest BCUT2D eigenvalue weighted by Crippen LogP contribution is -2.33. The summed E-state index contributed by atoms with van der Waals surface area (Å²) in [5.41, 5.74) is 0. The highest BCUT2D eigenvalue weighted by Crippen LogP contribution is 2.20. The first-order valence-corrected chi connectivity index (χ1v) is 9.06. The zero-order valence-electron chi connectivity index (χ0n) is 11.7. The molecule has 0 spiro atoms. The molecule has 0 bridgehead atoms. The third-order valence-corrected chi connectivity index (χ3v) is 4.38. The van der Waals surface area contributed by atoms with Gasteiger partial charge in [-0.1, -0.05) is 19.3 Å². The van der Waals surface area contributed by atoms with Crippen LogP contribution in [-0.2, 0) is 14.6 Å². The summed E-state index contributed by atoms with van der Waals surface area (Å²) >= 11 is 0. The molecule has 1 fully saturated rings. The predicted octanol–water partition coefficient (Wildman–Crippen LogP) is 1.75. The van der Waals surface area contributed by atoms with E-state index in [0.29, 0.717) is 6.10 Å². The predicted molar refractivity (Wildman–Crippen MR) is 74.6 cm³/mol. The Balaban J connectivity index is 1.97. The number of hydrogen-bond acceptors (Lipinski definition) is 4. The van der Waals surface area contributed by atoms with Crippen molar-refractivity contribution >= 4 is 9.84 Å². The van der Waals surface area contributed by atoms with E-state index < -0.39 is 9.84 Å². The van der Waals surface area contributed by atoms with Crippen LogP contribution in [0.4, 0.5) is 0 Å². The molecule has 0 amide bonds. The Morgan fingerprint density at radius 1 is 1.28 bits per heavy atom. The first-order valence-electron chi connectivity index (χ1n) is 7.00. The second-order valence-corrected chi connectivity index (χ2v) is 7.62. The molecular weight excluding hydrogens is 250 g/mol. The zero-order chi connectivity index (χ0) is 13.4. The zero-order valence-corrected chi connectivity index (χ0v) is 12.5. The third kappa shape index (κ3) is 8.06. The van der Waals surface area contributed by atoms with Gasteiger partial charge in [0.25, 0.3) is 0 Å². The number of nitrogens with one attached hydrogen (secondary N) is 1. The summed E-state index contributed by atoms with van der Waals surface area (Å²) in [7, 11) is -2.88. The van der Waals surface area contributed by atoms with E-state index in [4.69, 9.17) is 4.74 Å². The minimum absolute atomic E-state index is 0.0229. The van der Waals surface area contributed by atoms with Crippen molar-refractivity contribution in [1.82, 2.24) is 5.32 Å². The largest absolute Gasteiger partial charge is 0.378 e. The number of ether oxygens (including phenoxy) is 1. The van der Waals surface area contributed by atoms with Crippen molar-refractivity contribution in [1.29, 1.82) is 0 Å². The molecule has 1 aliphatic carbocycles. The normalized spacial score (nSPS) is 19.9. The Labute approximate surface area is 111 Å². The van der Waals surface area contributed by atoms with Crippen molar-refractivity contribution in [2.24, 2.45) is 0 Å². The van der Waals surface area contributed by atoms with E-state index in [1.807, 2.05) is 6.92 Å². The lowest BCUT2D eigenvalue weighted by Gasteiger charge is -2.22. The molecular formula is C13H27NO3S. The summed E-state index contributed by atoms with van der Waals surface area (Å²) in [6, 6.07) is 0.0229. The Hall–Kier alpha value is -0.130. The Morgan fingerprint density at radius 2 is 1.94 bits per heavy atom. The third-order valence-electron chi connectivity index (χ3n) is 3.27. The van der Waals surface area contributed by atoms with E-state index in [0.717, 1.165) is 19.6 Å². The molecule has 1 aliphatic rings. The standard InChI is InChI=1S/C13H27NO3S/c1-12(11-18(2,15)16)14-9-6-10-17-13-7-4-3-5-8-13/h12-14H,3-11H2,1-2H3. The highest BCUT2D eigenvalue weighted by atomic mass is 32.2. The van der Waals surface area contributed by atoms with Gasteiger partial charge in [-0.2, -0.15) is 0 Å².